The number of hydrogen-bond donors (Lipinski definition) is 0. The van der Waals surface area contributed by atoms with E-state index >= 15 is 0 Å². The number of phosphoric acid groups is 1. The smallest absolute Gasteiger partial charge is 0.822 e. The van der Waals surface area contributed by atoms with Crippen LogP contribution in [-0.4, -0.2) is 0 Å². The minimum Gasteiger partial charge on any atom is -0.822 e. The Kier molecular flexibility index (Phi) is 8.86. The van der Waals surface area contributed by atoms with Crippen molar-refractivity contribution in [3.8, 4) is 11.1 Å². The van der Waals surface area contributed by atoms with E-state index in [2.05, 4.69) is 48.5 Å². The average Bonchev–Trinajstić information content (AvgIpc) is 2.29. The van der Waals surface area contributed by atoms with Crippen molar-refractivity contribution >= 4 is 7.82 Å². The van der Waals surface area contributed by atoms with E-state index in [1.807, 2.05) is 12.1 Å². The van der Waals surface area contributed by atoms with Crippen LogP contribution in [0.4, 0.5) is 0 Å². The van der Waals surface area contributed by atoms with Gasteiger partial charge in [-0.25, -0.2) is 0 Å². The molecule has 2 aromatic rings. The minimum absolute atomic E-state index is 0. The predicted molar refractivity (Wildman–Crippen MR) is 59.5 cm³/mol. The van der Waals surface area contributed by atoms with Crippen LogP contribution in [0.5, 0.6) is 0 Å². The summed E-state index contributed by atoms with van der Waals surface area (Å²) >= 11 is 0. The first-order valence-corrected chi connectivity index (χ1v) is 6.26. The van der Waals surface area contributed by atoms with Gasteiger partial charge in [0.05, 0.1) is 0 Å². The van der Waals surface area contributed by atoms with Crippen molar-refractivity contribution in [2.24, 2.45) is 0 Å². The molecule has 0 saturated carbocycles. The van der Waals surface area contributed by atoms with Crippen LogP contribution >= 0.6 is 7.82 Å². The van der Waals surface area contributed by atoms with Gasteiger partial charge >= 0.3 is 40.8 Å². The Morgan fingerprint density at radius 3 is 1.11 bits per heavy atom. The van der Waals surface area contributed by atoms with E-state index in [0.29, 0.717) is 0 Å². The summed E-state index contributed by atoms with van der Waals surface area (Å²) in [5, 5.41) is 0. The summed E-state index contributed by atoms with van der Waals surface area (Å²) in [5.41, 5.74) is 2.55. The Bertz CT molecular complexity index is 438. The van der Waals surface area contributed by atoms with E-state index in [0.717, 1.165) is 0 Å². The third kappa shape index (κ3) is 8.91. The van der Waals surface area contributed by atoms with Crippen LogP contribution in [0.3, 0.4) is 0 Å². The fourth-order valence-corrected chi connectivity index (χ4v) is 1.26. The standard InChI is InChI=1S/C12H10.Nd.H3O4P/c1-3-7-11(8-4-1)12-9-5-2-6-10-12;;1-5(2,3)4/h1-10H;;(H3,1,2,3,4)/q;+3;/p-3. The fourth-order valence-electron chi connectivity index (χ4n) is 1.26. The number of rotatable bonds is 1. The molecule has 2 aromatic carbocycles. The van der Waals surface area contributed by atoms with Crippen LogP contribution in [0.1, 0.15) is 0 Å². The first-order valence-electron chi connectivity index (χ1n) is 4.80. The van der Waals surface area contributed by atoms with Gasteiger partial charge in [-0.3, -0.25) is 0 Å². The van der Waals surface area contributed by atoms with Crippen LogP contribution in [0.25, 0.3) is 11.1 Å². The Morgan fingerprint density at radius 1 is 0.667 bits per heavy atom. The molecule has 2 rings (SSSR count). The van der Waals surface area contributed by atoms with E-state index in [1.54, 1.807) is 0 Å². The van der Waals surface area contributed by atoms with Gasteiger partial charge in [0.1, 0.15) is 0 Å². The molecule has 0 aliphatic carbocycles. The zero-order valence-corrected chi connectivity index (χ0v) is 13.5. The fraction of sp³-hybridized carbons (Fsp3) is 0. The Morgan fingerprint density at radius 2 is 0.889 bits per heavy atom. The van der Waals surface area contributed by atoms with E-state index in [4.69, 9.17) is 19.2 Å². The van der Waals surface area contributed by atoms with Crippen molar-refractivity contribution in [3.63, 3.8) is 0 Å². The summed E-state index contributed by atoms with van der Waals surface area (Å²) < 4.78 is 8.55. The molecule has 18 heavy (non-hydrogen) atoms. The van der Waals surface area contributed by atoms with Gasteiger partial charge in [0, 0.05) is 0 Å². The van der Waals surface area contributed by atoms with Crippen molar-refractivity contribution in [1.29, 1.82) is 0 Å². The third-order valence-corrected chi connectivity index (χ3v) is 1.88. The monoisotopic (exact) mass is 391 g/mol. The van der Waals surface area contributed by atoms with Gasteiger partial charge in [-0.1, -0.05) is 60.7 Å². The molecule has 0 aliphatic heterocycles. The third-order valence-electron chi connectivity index (χ3n) is 1.88. The maximum atomic E-state index is 8.55. The van der Waals surface area contributed by atoms with Crippen LogP contribution in [0, 0.1) is 40.8 Å². The summed E-state index contributed by atoms with van der Waals surface area (Å²) in [6, 6.07) is 20.8. The molecule has 0 aromatic heterocycles. The van der Waals surface area contributed by atoms with Crippen LogP contribution in [-0.2, 0) is 4.57 Å². The number of hydrogen-bond acceptors (Lipinski definition) is 4. The SMILES string of the molecule is O=P([O-])([O-])[O-].[Nd+3].c1ccc(-c2ccccc2)cc1. The molecule has 0 amide bonds. The van der Waals surface area contributed by atoms with Gasteiger partial charge in [-0.2, -0.15) is 7.82 Å². The maximum Gasteiger partial charge on any atom is 3.00 e. The van der Waals surface area contributed by atoms with Crippen LogP contribution in [0.15, 0.2) is 60.7 Å². The molecule has 0 atom stereocenters. The molecule has 91 valence electrons. The average molecular weight is 393 g/mol. The van der Waals surface area contributed by atoms with Gasteiger partial charge < -0.3 is 19.2 Å². The summed E-state index contributed by atoms with van der Waals surface area (Å²) in [5.74, 6) is 0. The van der Waals surface area contributed by atoms with E-state index in [-0.39, 0.29) is 40.8 Å². The second-order valence-corrected chi connectivity index (χ2v) is 4.07. The van der Waals surface area contributed by atoms with Gasteiger partial charge in [0.25, 0.3) is 0 Å². The molecule has 0 fully saturated rings. The van der Waals surface area contributed by atoms with E-state index in [9.17, 15) is 0 Å². The predicted octanol–water partition coefficient (Wildman–Crippen LogP) is 0.529. The second kappa shape index (κ2) is 8.91. The van der Waals surface area contributed by atoms with Crippen molar-refractivity contribution in [3.05, 3.63) is 60.7 Å². The van der Waals surface area contributed by atoms with Gasteiger partial charge in [0.2, 0.25) is 0 Å². The largest absolute Gasteiger partial charge is 3.00 e. The molecular formula is C12H10NdO4P. The maximum absolute atomic E-state index is 8.55. The van der Waals surface area contributed by atoms with Gasteiger partial charge in [0.15, 0.2) is 0 Å². The van der Waals surface area contributed by atoms with Gasteiger partial charge in [-0.05, 0) is 11.1 Å². The Balaban J connectivity index is 0.000000421. The van der Waals surface area contributed by atoms with Crippen molar-refractivity contribution < 1.29 is 60.1 Å². The van der Waals surface area contributed by atoms with E-state index in [1.165, 1.54) is 11.1 Å². The minimum atomic E-state index is -5.39. The normalized spacial score (nSPS) is 9.72. The van der Waals surface area contributed by atoms with Crippen molar-refractivity contribution in [2.45, 2.75) is 0 Å². The van der Waals surface area contributed by atoms with Gasteiger partial charge in [-0.15, -0.1) is 0 Å². The molecule has 0 heterocycles. The molecule has 0 saturated heterocycles. The molecule has 4 nitrogen and oxygen atoms in total. The Labute approximate surface area is 138 Å². The van der Waals surface area contributed by atoms with Crippen LogP contribution in [0.2, 0.25) is 0 Å². The molecule has 0 N–H and O–H groups in total. The summed E-state index contributed by atoms with van der Waals surface area (Å²) in [6.45, 7) is 0. The quantitative estimate of drug-likeness (QED) is 0.662. The molecule has 0 spiro atoms. The summed E-state index contributed by atoms with van der Waals surface area (Å²) in [4.78, 5) is 25.6. The Hall–Kier alpha value is -0.0994. The zero-order valence-electron chi connectivity index (χ0n) is 9.35. The molecule has 0 bridgehead atoms. The zero-order chi connectivity index (χ0) is 12.7. The molecular weight excluding hydrogens is 383 g/mol. The van der Waals surface area contributed by atoms with Crippen molar-refractivity contribution in [1.82, 2.24) is 0 Å². The summed E-state index contributed by atoms with van der Waals surface area (Å²) in [6.07, 6.45) is 0. The van der Waals surface area contributed by atoms with E-state index < -0.39 is 7.82 Å². The topological polar surface area (TPSA) is 86.2 Å². The molecule has 0 unspecified atom stereocenters. The second-order valence-electron chi connectivity index (χ2n) is 3.18. The summed E-state index contributed by atoms with van der Waals surface area (Å²) in [7, 11) is -5.39. The van der Waals surface area contributed by atoms with Crippen molar-refractivity contribution in [2.75, 3.05) is 0 Å². The molecule has 1 radical (unpaired) electrons. The first kappa shape index (κ1) is 17.9. The van der Waals surface area contributed by atoms with Crippen LogP contribution < -0.4 is 14.7 Å². The molecule has 0 aliphatic rings. The number of benzene rings is 2. The molecule has 6 heteroatoms. The first-order chi connectivity index (χ1) is 7.97.